The van der Waals surface area contributed by atoms with Crippen molar-refractivity contribution in [1.82, 2.24) is 8.87 Å². The summed E-state index contributed by atoms with van der Waals surface area (Å²) in [7, 11) is -2.34. The molecule has 0 saturated heterocycles. The van der Waals surface area contributed by atoms with E-state index in [1.54, 1.807) is 4.57 Å². The van der Waals surface area contributed by atoms with Crippen molar-refractivity contribution in [2.45, 2.75) is 51.0 Å². The maximum absolute atomic E-state index is 13.2. The zero-order valence-electron chi connectivity index (χ0n) is 20.3. The molecule has 2 aromatic carbocycles. The SMILES string of the molecule is CCCCN(CCCC)S(=O)(=O)c1ccc(C(=O)N=c2sc3ccccc3n2CC(=O)OC)cc1. The largest absolute Gasteiger partial charge is 0.468 e. The van der Waals surface area contributed by atoms with Crippen molar-refractivity contribution >= 4 is 43.5 Å². The van der Waals surface area contributed by atoms with E-state index in [1.165, 1.54) is 47.0 Å². The second-order valence-corrected chi connectivity index (χ2v) is 11.0. The number of carbonyl (C=O) groups is 2. The predicted molar refractivity (Wildman–Crippen MR) is 137 cm³/mol. The summed E-state index contributed by atoms with van der Waals surface area (Å²) in [5, 5.41) is 0. The van der Waals surface area contributed by atoms with Crippen molar-refractivity contribution in [2.24, 2.45) is 4.99 Å². The van der Waals surface area contributed by atoms with Crippen LogP contribution in [0.15, 0.2) is 58.4 Å². The number of carbonyl (C=O) groups excluding carboxylic acids is 2. The Kier molecular flexibility index (Phi) is 9.36. The average molecular weight is 518 g/mol. The van der Waals surface area contributed by atoms with Crippen molar-refractivity contribution in [2.75, 3.05) is 20.2 Å². The van der Waals surface area contributed by atoms with E-state index >= 15 is 0 Å². The fourth-order valence-electron chi connectivity index (χ4n) is 3.54. The number of nitrogens with zero attached hydrogens (tertiary/aromatic N) is 3. The number of aromatic nitrogens is 1. The van der Waals surface area contributed by atoms with Gasteiger partial charge in [0.15, 0.2) is 4.80 Å². The summed E-state index contributed by atoms with van der Waals surface area (Å²) in [6.45, 7) is 4.93. The molecule has 0 aliphatic carbocycles. The number of thiazole rings is 1. The lowest BCUT2D eigenvalue weighted by molar-refractivity contribution is -0.141. The fourth-order valence-corrected chi connectivity index (χ4v) is 6.09. The Morgan fingerprint density at radius 1 is 1.00 bits per heavy atom. The number of hydrogen-bond acceptors (Lipinski definition) is 6. The average Bonchev–Trinajstić information content (AvgIpc) is 3.20. The first-order chi connectivity index (χ1) is 16.8. The van der Waals surface area contributed by atoms with Gasteiger partial charge in [0, 0.05) is 18.7 Å². The van der Waals surface area contributed by atoms with E-state index in [0.29, 0.717) is 17.9 Å². The Balaban J connectivity index is 1.91. The van der Waals surface area contributed by atoms with Crippen LogP contribution in [0.25, 0.3) is 10.2 Å². The Bertz CT molecular complexity index is 1330. The van der Waals surface area contributed by atoms with E-state index in [-0.39, 0.29) is 17.0 Å². The number of unbranched alkanes of at least 4 members (excludes halogenated alkanes) is 2. The standard InChI is InChI=1S/C25H31N3O5S2/c1-4-6-16-27(17-7-5-2)35(31,32)20-14-12-19(13-15-20)24(30)26-25-28(18-23(29)33-3)21-10-8-9-11-22(21)34-25/h8-15H,4-7,16-18H2,1-3H3. The molecule has 0 aliphatic heterocycles. The van der Waals surface area contributed by atoms with Crippen LogP contribution in [-0.4, -0.2) is 49.4 Å². The Morgan fingerprint density at radius 3 is 2.23 bits per heavy atom. The number of sulfonamides is 1. The summed E-state index contributed by atoms with van der Waals surface area (Å²) < 4.78 is 35.2. The zero-order valence-corrected chi connectivity index (χ0v) is 21.9. The minimum atomic E-state index is -3.65. The number of esters is 1. The molecule has 0 unspecified atom stereocenters. The molecule has 0 aliphatic rings. The highest BCUT2D eigenvalue weighted by atomic mass is 32.2. The third kappa shape index (κ3) is 6.45. The van der Waals surface area contributed by atoms with Crippen LogP contribution in [0.2, 0.25) is 0 Å². The molecule has 1 amide bonds. The first-order valence-electron chi connectivity index (χ1n) is 11.7. The normalized spacial score (nSPS) is 12.4. The number of amides is 1. The van der Waals surface area contributed by atoms with Gasteiger partial charge in [-0.3, -0.25) is 9.59 Å². The van der Waals surface area contributed by atoms with Crippen LogP contribution in [0.1, 0.15) is 49.9 Å². The molecule has 3 rings (SSSR count). The smallest absolute Gasteiger partial charge is 0.325 e. The predicted octanol–water partition coefficient (Wildman–Crippen LogP) is 4.21. The van der Waals surface area contributed by atoms with Gasteiger partial charge in [-0.05, 0) is 49.2 Å². The van der Waals surface area contributed by atoms with E-state index < -0.39 is 21.9 Å². The molecule has 0 bridgehead atoms. The van der Waals surface area contributed by atoms with Gasteiger partial charge in [-0.25, -0.2) is 8.42 Å². The number of rotatable bonds is 11. The Morgan fingerprint density at radius 2 is 1.63 bits per heavy atom. The Hall–Kier alpha value is -2.82. The highest BCUT2D eigenvalue weighted by Gasteiger charge is 2.24. The minimum Gasteiger partial charge on any atom is -0.468 e. The van der Waals surface area contributed by atoms with Crippen molar-refractivity contribution in [3.63, 3.8) is 0 Å². The third-order valence-corrected chi connectivity index (χ3v) is 8.53. The summed E-state index contributed by atoms with van der Waals surface area (Å²) in [5.74, 6) is -0.972. The fraction of sp³-hybridized carbons (Fsp3) is 0.400. The van der Waals surface area contributed by atoms with E-state index in [2.05, 4.69) is 4.99 Å². The van der Waals surface area contributed by atoms with Crippen molar-refractivity contribution in [3.05, 3.63) is 58.9 Å². The maximum atomic E-state index is 13.2. The molecule has 35 heavy (non-hydrogen) atoms. The monoisotopic (exact) mass is 517 g/mol. The molecule has 188 valence electrons. The summed E-state index contributed by atoms with van der Waals surface area (Å²) in [4.78, 5) is 29.6. The van der Waals surface area contributed by atoms with Gasteiger partial charge in [0.2, 0.25) is 10.0 Å². The summed E-state index contributed by atoms with van der Waals surface area (Å²) in [5.41, 5.74) is 1.04. The van der Waals surface area contributed by atoms with Crippen LogP contribution < -0.4 is 4.80 Å². The summed E-state index contributed by atoms with van der Waals surface area (Å²) in [6.07, 6.45) is 3.39. The molecule has 3 aromatic rings. The molecule has 0 radical (unpaired) electrons. The molecular formula is C25H31N3O5S2. The van der Waals surface area contributed by atoms with Gasteiger partial charge in [0.1, 0.15) is 6.54 Å². The molecule has 8 nitrogen and oxygen atoms in total. The molecule has 0 saturated carbocycles. The third-order valence-electron chi connectivity index (χ3n) is 5.56. The topological polar surface area (TPSA) is 98.0 Å². The number of para-hydroxylation sites is 1. The molecule has 0 atom stereocenters. The molecule has 0 N–H and O–H groups in total. The highest BCUT2D eigenvalue weighted by Crippen LogP contribution is 2.20. The lowest BCUT2D eigenvalue weighted by Crippen LogP contribution is -2.33. The number of fused-ring (bicyclic) bond motifs is 1. The second kappa shape index (κ2) is 12.2. The molecule has 0 spiro atoms. The number of benzene rings is 2. The molecular weight excluding hydrogens is 486 g/mol. The first kappa shape index (κ1) is 26.8. The number of methoxy groups -OCH3 is 1. The molecule has 10 heteroatoms. The van der Waals surface area contributed by atoms with Crippen molar-refractivity contribution in [3.8, 4) is 0 Å². The minimum absolute atomic E-state index is 0.0742. The molecule has 1 aromatic heterocycles. The van der Waals surface area contributed by atoms with Gasteiger partial charge in [-0.15, -0.1) is 0 Å². The van der Waals surface area contributed by atoms with Crippen LogP contribution in [0.3, 0.4) is 0 Å². The maximum Gasteiger partial charge on any atom is 0.325 e. The van der Waals surface area contributed by atoms with Gasteiger partial charge in [0.25, 0.3) is 5.91 Å². The van der Waals surface area contributed by atoms with Crippen LogP contribution in [-0.2, 0) is 26.1 Å². The lowest BCUT2D eigenvalue weighted by Gasteiger charge is -2.22. The van der Waals surface area contributed by atoms with Crippen LogP contribution in [0.4, 0.5) is 0 Å². The van der Waals surface area contributed by atoms with Crippen molar-refractivity contribution in [1.29, 1.82) is 0 Å². The Labute approximate surface area is 209 Å². The first-order valence-corrected chi connectivity index (χ1v) is 13.9. The van der Waals surface area contributed by atoms with E-state index in [1.807, 2.05) is 38.1 Å². The van der Waals surface area contributed by atoms with E-state index in [0.717, 1.165) is 35.9 Å². The van der Waals surface area contributed by atoms with Gasteiger partial charge in [-0.2, -0.15) is 9.30 Å². The van der Waals surface area contributed by atoms with Gasteiger partial charge in [-0.1, -0.05) is 50.2 Å². The van der Waals surface area contributed by atoms with Crippen LogP contribution >= 0.6 is 11.3 Å². The zero-order chi connectivity index (χ0) is 25.4. The van der Waals surface area contributed by atoms with Crippen LogP contribution in [0.5, 0.6) is 0 Å². The van der Waals surface area contributed by atoms with Gasteiger partial charge in [0.05, 0.1) is 22.2 Å². The molecule has 1 heterocycles. The summed E-state index contributed by atoms with van der Waals surface area (Å²) >= 11 is 1.29. The van der Waals surface area contributed by atoms with Crippen LogP contribution in [0, 0.1) is 0 Å². The van der Waals surface area contributed by atoms with Gasteiger partial charge >= 0.3 is 5.97 Å². The van der Waals surface area contributed by atoms with Gasteiger partial charge < -0.3 is 9.30 Å². The number of hydrogen-bond donors (Lipinski definition) is 0. The number of ether oxygens (including phenoxy) is 1. The second-order valence-electron chi connectivity index (χ2n) is 8.07. The summed E-state index contributed by atoms with van der Waals surface area (Å²) in [6, 6.07) is 13.3. The quantitative estimate of drug-likeness (QED) is 0.355. The van der Waals surface area contributed by atoms with Crippen molar-refractivity contribution < 1.29 is 22.7 Å². The van der Waals surface area contributed by atoms with E-state index in [9.17, 15) is 18.0 Å². The molecule has 0 fully saturated rings. The lowest BCUT2D eigenvalue weighted by atomic mass is 10.2. The highest BCUT2D eigenvalue weighted by molar-refractivity contribution is 7.89. The van der Waals surface area contributed by atoms with E-state index in [4.69, 9.17) is 4.74 Å².